The lowest BCUT2D eigenvalue weighted by Crippen LogP contribution is -2.35. The quantitative estimate of drug-likeness (QED) is 0.661. The average molecular weight is 303 g/mol. The number of nitrogens with one attached hydrogen (secondary N) is 1. The highest BCUT2D eigenvalue weighted by molar-refractivity contribution is 9.10. The molecule has 0 fully saturated rings. The van der Waals surface area contributed by atoms with E-state index in [9.17, 15) is 4.79 Å². The zero-order valence-electron chi connectivity index (χ0n) is 8.21. The lowest BCUT2D eigenvalue weighted by Gasteiger charge is -2.10. The zero-order chi connectivity index (χ0) is 12.1. The molecule has 0 aliphatic heterocycles. The molecule has 1 heterocycles. The summed E-state index contributed by atoms with van der Waals surface area (Å²) in [6.07, 6.45) is 6.76. The van der Waals surface area contributed by atoms with Crippen LogP contribution in [0, 0.1) is 12.3 Å². The maximum Gasteiger partial charge on any atom is 0.242 e. The largest absolute Gasteiger partial charge is 0.322 e. The number of rotatable bonds is 3. The van der Waals surface area contributed by atoms with Crippen LogP contribution < -0.4 is 11.1 Å². The molecule has 0 aliphatic rings. The Bertz CT molecular complexity index is 444. The van der Waals surface area contributed by atoms with Crippen LogP contribution in [0.4, 0.5) is 5.69 Å². The maximum atomic E-state index is 11.5. The lowest BCUT2D eigenvalue weighted by molar-refractivity contribution is -0.117. The number of nitrogens with zero attached hydrogens (tertiary/aromatic N) is 1. The highest BCUT2D eigenvalue weighted by Crippen LogP contribution is 2.22. The van der Waals surface area contributed by atoms with Crippen LogP contribution in [0.25, 0.3) is 0 Å². The van der Waals surface area contributed by atoms with E-state index in [-0.39, 0.29) is 17.5 Å². The molecule has 3 N–H and O–H groups in total. The predicted molar refractivity (Wildman–Crippen MR) is 67.0 cm³/mol. The van der Waals surface area contributed by atoms with Crippen molar-refractivity contribution in [3.05, 3.63) is 21.9 Å². The molecule has 1 unspecified atom stereocenters. The van der Waals surface area contributed by atoms with Crippen molar-refractivity contribution in [3.63, 3.8) is 0 Å². The van der Waals surface area contributed by atoms with Crippen molar-refractivity contribution in [1.82, 2.24) is 4.98 Å². The van der Waals surface area contributed by atoms with Crippen molar-refractivity contribution in [2.24, 2.45) is 5.73 Å². The van der Waals surface area contributed by atoms with Crippen LogP contribution in [0.1, 0.15) is 6.42 Å². The van der Waals surface area contributed by atoms with Crippen LogP contribution in [-0.2, 0) is 4.79 Å². The van der Waals surface area contributed by atoms with Crippen molar-refractivity contribution in [1.29, 1.82) is 0 Å². The van der Waals surface area contributed by atoms with Crippen LogP contribution >= 0.6 is 27.5 Å². The van der Waals surface area contributed by atoms with Gasteiger partial charge in [0.15, 0.2) is 5.15 Å². The smallest absolute Gasteiger partial charge is 0.242 e. The fourth-order valence-electron chi connectivity index (χ4n) is 0.955. The summed E-state index contributed by atoms with van der Waals surface area (Å²) in [5, 5.41) is 2.75. The molecule has 1 atom stereocenters. The minimum atomic E-state index is -0.750. The molecule has 1 rings (SSSR count). The summed E-state index contributed by atoms with van der Waals surface area (Å²) in [6.45, 7) is 0. The molecule has 1 aromatic heterocycles. The molecular formula is C10H9BrClN3O. The first kappa shape index (κ1) is 13.0. The minimum Gasteiger partial charge on any atom is -0.322 e. The number of anilines is 1. The van der Waals surface area contributed by atoms with Crippen LogP contribution in [0.3, 0.4) is 0 Å². The summed E-state index contributed by atoms with van der Waals surface area (Å²) in [5.41, 5.74) is 5.93. The fraction of sp³-hybridized carbons (Fsp3) is 0.200. The lowest BCUT2D eigenvalue weighted by atomic mass is 10.2. The normalized spacial score (nSPS) is 11.6. The van der Waals surface area contributed by atoms with Gasteiger partial charge in [0.2, 0.25) is 5.91 Å². The van der Waals surface area contributed by atoms with E-state index in [1.165, 1.54) is 6.20 Å². The minimum absolute atomic E-state index is 0.172. The molecule has 0 spiro atoms. The Kier molecular flexibility index (Phi) is 4.74. The third-order valence-corrected chi connectivity index (χ3v) is 2.47. The Balaban J connectivity index is 2.77. The molecule has 0 radical (unpaired) electrons. The third-order valence-electron chi connectivity index (χ3n) is 1.74. The van der Waals surface area contributed by atoms with Gasteiger partial charge in [0.25, 0.3) is 0 Å². The summed E-state index contributed by atoms with van der Waals surface area (Å²) in [7, 11) is 0. The number of aromatic nitrogens is 1. The van der Waals surface area contributed by atoms with E-state index < -0.39 is 6.04 Å². The molecule has 0 bridgehead atoms. The monoisotopic (exact) mass is 301 g/mol. The molecule has 0 saturated heterocycles. The standard InChI is InChI=1S/C10H9BrClN3O/c1-2-3-7(13)10(16)15-8-4-6(11)5-14-9(8)12/h1,4-5,7H,3,13H2,(H,15,16). The molecule has 84 valence electrons. The third kappa shape index (κ3) is 3.49. The number of pyridine rings is 1. The Morgan fingerprint density at radius 1 is 1.81 bits per heavy atom. The Labute approximate surface area is 107 Å². The number of carbonyl (C=O) groups excluding carboxylic acids is 1. The van der Waals surface area contributed by atoms with E-state index in [4.69, 9.17) is 23.8 Å². The Morgan fingerprint density at radius 2 is 2.50 bits per heavy atom. The number of carbonyl (C=O) groups is 1. The maximum absolute atomic E-state index is 11.5. The van der Waals surface area contributed by atoms with Gasteiger partial charge in [-0.15, -0.1) is 12.3 Å². The van der Waals surface area contributed by atoms with Crippen LogP contribution in [0.5, 0.6) is 0 Å². The molecule has 1 amide bonds. The van der Waals surface area contributed by atoms with Crippen molar-refractivity contribution in [2.45, 2.75) is 12.5 Å². The zero-order valence-corrected chi connectivity index (χ0v) is 10.5. The first-order valence-electron chi connectivity index (χ1n) is 4.35. The molecule has 0 aliphatic carbocycles. The summed E-state index contributed by atoms with van der Waals surface area (Å²) in [4.78, 5) is 15.4. The van der Waals surface area contributed by atoms with E-state index in [1.54, 1.807) is 6.07 Å². The van der Waals surface area contributed by atoms with E-state index >= 15 is 0 Å². The highest BCUT2D eigenvalue weighted by atomic mass is 79.9. The van der Waals surface area contributed by atoms with Gasteiger partial charge in [-0.1, -0.05) is 11.6 Å². The number of hydrogen-bond donors (Lipinski definition) is 2. The topological polar surface area (TPSA) is 68.0 Å². The molecule has 0 aromatic carbocycles. The van der Waals surface area contributed by atoms with Crippen molar-refractivity contribution in [2.75, 3.05) is 5.32 Å². The number of hydrogen-bond acceptors (Lipinski definition) is 3. The first-order chi connectivity index (χ1) is 7.54. The molecule has 1 aromatic rings. The average Bonchev–Trinajstić information content (AvgIpc) is 2.23. The Hall–Kier alpha value is -1.09. The fourth-order valence-corrected chi connectivity index (χ4v) is 1.44. The second-order valence-corrected chi connectivity index (χ2v) is 4.27. The van der Waals surface area contributed by atoms with Gasteiger partial charge < -0.3 is 11.1 Å². The molecule has 16 heavy (non-hydrogen) atoms. The van der Waals surface area contributed by atoms with Crippen LogP contribution in [0.2, 0.25) is 5.15 Å². The molecule has 6 heteroatoms. The van der Waals surface area contributed by atoms with Crippen molar-refractivity contribution < 1.29 is 4.79 Å². The van der Waals surface area contributed by atoms with Gasteiger partial charge in [-0.3, -0.25) is 4.79 Å². The van der Waals surface area contributed by atoms with Gasteiger partial charge in [-0.25, -0.2) is 4.98 Å². The summed E-state index contributed by atoms with van der Waals surface area (Å²) >= 11 is 9.01. The number of amides is 1. The van der Waals surface area contributed by atoms with E-state index in [1.807, 2.05) is 0 Å². The first-order valence-corrected chi connectivity index (χ1v) is 5.52. The second-order valence-electron chi connectivity index (χ2n) is 3.00. The van der Waals surface area contributed by atoms with Crippen LogP contribution in [0.15, 0.2) is 16.7 Å². The van der Waals surface area contributed by atoms with Crippen LogP contribution in [-0.4, -0.2) is 16.9 Å². The van der Waals surface area contributed by atoms with Gasteiger partial charge >= 0.3 is 0 Å². The van der Waals surface area contributed by atoms with E-state index in [0.717, 1.165) is 0 Å². The van der Waals surface area contributed by atoms with E-state index in [2.05, 4.69) is 32.2 Å². The highest BCUT2D eigenvalue weighted by Gasteiger charge is 2.14. The SMILES string of the molecule is C#CCC(N)C(=O)Nc1cc(Br)cnc1Cl. The van der Waals surface area contributed by atoms with Crippen molar-refractivity contribution >= 4 is 39.1 Å². The van der Waals surface area contributed by atoms with E-state index in [0.29, 0.717) is 10.2 Å². The molecule has 4 nitrogen and oxygen atoms in total. The van der Waals surface area contributed by atoms with Gasteiger partial charge in [-0.05, 0) is 22.0 Å². The number of terminal acetylenes is 1. The van der Waals surface area contributed by atoms with Crippen molar-refractivity contribution in [3.8, 4) is 12.3 Å². The van der Waals surface area contributed by atoms with Gasteiger partial charge in [0.1, 0.15) is 0 Å². The molecular weight excluding hydrogens is 293 g/mol. The molecule has 0 saturated carbocycles. The predicted octanol–water partition coefficient (Wildman–Crippen LogP) is 1.79. The Morgan fingerprint density at radius 3 is 3.12 bits per heavy atom. The van der Waals surface area contributed by atoms with Gasteiger partial charge in [-0.2, -0.15) is 0 Å². The van der Waals surface area contributed by atoms with Gasteiger partial charge in [0, 0.05) is 17.1 Å². The number of halogens is 2. The summed E-state index contributed by atoms with van der Waals surface area (Å²) in [6, 6.07) is 0.885. The number of nitrogens with two attached hydrogens (primary N) is 1. The summed E-state index contributed by atoms with van der Waals surface area (Å²) in [5.74, 6) is 1.93. The van der Waals surface area contributed by atoms with Gasteiger partial charge in [0.05, 0.1) is 11.7 Å². The summed E-state index contributed by atoms with van der Waals surface area (Å²) < 4.78 is 0.706. The second kappa shape index (κ2) is 5.85.